The van der Waals surface area contributed by atoms with Crippen molar-refractivity contribution in [3.8, 4) is 0 Å². The first kappa shape index (κ1) is 18.2. The summed E-state index contributed by atoms with van der Waals surface area (Å²) < 4.78 is 0. The Labute approximate surface area is 154 Å². The van der Waals surface area contributed by atoms with Crippen LogP contribution in [0.25, 0.3) is 0 Å². The molecule has 2 heterocycles. The highest BCUT2D eigenvalue weighted by Crippen LogP contribution is 2.39. The number of carbonyl (C=O) groups excluding carboxylic acids is 1. The van der Waals surface area contributed by atoms with E-state index in [0.717, 1.165) is 37.6 Å². The van der Waals surface area contributed by atoms with Crippen LogP contribution < -0.4 is 0 Å². The predicted molar refractivity (Wildman–Crippen MR) is 107 cm³/mol. The molecule has 1 aromatic rings. The number of benzene rings is 1. The molecule has 3 rings (SSSR count). The van der Waals surface area contributed by atoms with E-state index in [1.165, 1.54) is 43.4 Å². The zero-order valence-corrected chi connectivity index (χ0v) is 16.1. The van der Waals surface area contributed by atoms with Crippen LogP contribution >= 0.6 is 21.6 Å². The van der Waals surface area contributed by atoms with Crippen LogP contribution in [0, 0.1) is 0 Å². The van der Waals surface area contributed by atoms with Gasteiger partial charge in [0.25, 0.3) is 0 Å². The summed E-state index contributed by atoms with van der Waals surface area (Å²) in [6, 6.07) is 10.7. The number of hydrogen-bond acceptors (Lipinski definition) is 3. The molecule has 0 bridgehead atoms. The summed E-state index contributed by atoms with van der Waals surface area (Å²) in [6.07, 6.45) is 9.26. The molecule has 2 fully saturated rings. The molecule has 2 nitrogen and oxygen atoms in total. The van der Waals surface area contributed by atoms with Gasteiger partial charge in [-0.3, -0.25) is 4.79 Å². The number of unbranched alkanes of at least 4 members (excludes halogenated alkanes) is 1. The molecule has 0 radical (unpaired) electrons. The van der Waals surface area contributed by atoms with E-state index in [1.807, 2.05) is 10.8 Å². The third-order valence-corrected chi connectivity index (χ3v) is 8.20. The van der Waals surface area contributed by atoms with Crippen LogP contribution in [0.15, 0.2) is 30.3 Å². The molecule has 2 atom stereocenters. The molecule has 2 saturated heterocycles. The Hall–Kier alpha value is -0.610. The van der Waals surface area contributed by atoms with Gasteiger partial charge in [-0.2, -0.15) is 0 Å². The van der Waals surface area contributed by atoms with Gasteiger partial charge in [-0.25, -0.2) is 0 Å². The summed E-state index contributed by atoms with van der Waals surface area (Å²) in [4.78, 5) is 14.8. The topological polar surface area (TPSA) is 20.3 Å². The molecule has 0 aromatic heterocycles. The average molecular weight is 364 g/mol. The molecule has 4 heteroatoms. The fourth-order valence-electron chi connectivity index (χ4n) is 3.74. The van der Waals surface area contributed by atoms with E-state index in [4.69, 9.17) is 0 Å². The Morgan fingerprint density at radius 3 is 2.79 bits per heavy atom. The van der Waals surface area contributed by atoms with E-state index < -0.39 is 0 Å². The van der Waals surface area contributed by atoms with Crippen molar-refractivity contribution in [2.24, 2.45) is 0 Å². The van der Waals surface area contributed by atoms with Gasteiger partial charge >= 0.3 is 0 Å². The Bertz CT molecular complexity index is 502. The number of carbonyl (C=O) groups is 1. The Morgan fingerprint density at radius 1 is 1.12 bits per heavy atom. The van der Waals surface area contributed by atoms with Crippen LogP contribution in [0.4, 0.5) is 0 Å². The standard InChI is InChI=1S/C20H29NOS2/c22-20(12-5-4-11-19-13-15-23-24-19)21-14-7-6-10-18(16-21)17-8-2-1-3-9-17/h1-3,8-9,18-19H,4-7,10-16H2. The molecule has 1 amide bonds. The number of hydrogen-bond donors (Lipinski definition) is 0. The third-order valence-electron chi connectivity index (χ3n) is 5.19. The van der Waals surface area contributed by atoms with Crippen LogP contribution in [0.3, 0.4) is 0 Å². The smallest absolute Gasteiger partial charge is 0.222 e. The first-order valence-electron chi connectivity index (χ1n) is 9.44. The molecule has 24 heavy (non-hydrogen) atoms. The van der Waals surface area contributed by atoms with Crippen molar-refractivity contribution in [3.05, 3.63) is 35.9 Å². The zero-order valence-electron chi connectivity index (χ0n) is 14.5. The second-order valence-corrected chi connectivity index (χ2v) is 9.81. The quantitative estimate of drug-likeness (QED) is 0.492. The van der Waals surface area contributed by atoms with Crippen molar-refractivity contribution in [1.29, 1.82) is 0 Å². The summed E-state index contributed by atoms with van der Waals surface area (Å²) >= 11 is 0. The van der Waals surface area contributed by atoms with Gasteiger partial charge < -0.3 is 4.90 Å². The minimum atomic E-state index is 0.381. The normalized spacial score (nSPS) is 24.8. The lowest BCUT2D eigenvalue weighted by Crippen LogP contribution is -2.33. The highest BCUT2D eigenvalue weighted by atomic mass is 33.1. The largest absolute Gasteiger partial charge is 0.342 e. The Morgan fingerprint density at radius 2 is 2.00 bits per heavy atom. The van der Waals surface area contributed by atoms with Crippen molar-refractivity contribution in [3.63, 3.8) is 0 Å². The summed E-state index contributed by atoms with van der Waals surface area (Å²) in [5.41, 5.74) is 1.40. The average Bonchev–Trinajstić information content (AvgIpc) is 3.01. The van der Waals surface area contributed by atoms with Crippen LogP contribution in [-0.4, -0.2) is 34.9 Å². The second kappa shape index (κ2) is 9.76. The predicted octanol–water partition coefficient (Wildman–Crippen LogP) is 5.50. The molecule has 2 aliphatic rings. The van der Waals surface area contributed by atoms with E-state index in [1.54, 1.807) is 0 Å². The van der Waals surface area contributed by atoms with E-state index in [0.29, 0.717) is 11.8 Å². The summed E-state index contributed by atoms with van der Waals surface area (Å²) in [6.45, 7) is 1.87. The molecule has 0 saturated carbocycles. The lowest BCUT2D eigenvalue weighted by atomic mass is 9.94. The molecule has 0 aliphatic carbocycles. The van der Waals surface area contributed by atoms with E-state index in [-0.39, 0.29) is 0 Å². The second-order valence-electron chi connectivity index (χ2n) is 7.02. The van der Waals surface area contributed by atoms with Crippen LogP contribution in [-0.2, 0) is 4.79 Å². The van der Waals surface area contributed by atoms with Crippen molar-refractivity contribution >= 4 is 27.5 Å². The number of likely N-dealkylation sites (tertiary alicyclic amines) is 1. The zero-order chi connectivity index (χ0) is 16.6. The van der Waals surface area contributed by atoms with E-state index in [2.05, 4.69) is 46.0 Å². The maximum absolute atomic E-state index is 12.6. The van der Waals surface area contributed by atoms with Crippen molar-refractivity contribution < 1.29 is 4.79 Å². The first-order valence-corrected chi connectivity index (χ1v) is 11.8. The van der Waals surface area contributed by atoms with Crippen LogP contribution in [0.1, 0.15) is 62.8 Å². The van der Waals surface area contributed by atoms with Gasteiger partial charge in [-0.05, 0) is 37.7 Å². The van der Waals surface area contributed by atoms with Gasteiger partial charge in [0.1, 0.15) is 0 Å². The minimum absolute atomic E-state index is 0.381. The highest BCUT2D eigenvalue weighted by Gasteiger charge is 2.23. The van der Waals surface area contributed by atoms with Gasteiger partial charge in [-0.15, -0.1) is 0 Å². The fraction of sp³-hybridized carbons (Fsp3) is 0.650. The third kappa shape index (κ3) is 5.45. The number of rotatable bonds is 6. The maximum atomic E-state index is 12.6. The Balaban J connectivity index is 1.44. The molecule has 0 N–H and O–H groups in total. The van der Waals surface area contributed by atoms with Gasteiger partial charge in [0.15, 0.2) is 0 Å². The van der Waals surface area contributed by atoms with E-state index >= 15 is 0 Å². The molecule has 1 aromatic carbocycles. The lowest BCUT2D eigenvalue weighted by Gasteiger charge is -2.25. The maximum Gasteiger partial charge on any atom is 0.222 e. The monoisotopic (exact) mass is 363 g/mol. The van der Waals surface area contributed by atoms with Gasteiger partial charge in [0, 0.05) is 36.4 Å². The van der Waals surface area contributed by atoms with E-state index in [9.17, 15) is 4.79 Å². The first-order chi connectivity index (χ1) is 11.8. The van der Waals surface area contributed by atoms with Gasteiger partial charge in [0.2, 0.25) is 5.91 Å². The number of amides is 1. The molecular formula is C20H29NOS2. The molecule has 132 valence electrons. The summed E-state index contributed by atoms with van der Waals surface area (Å²) in [7, 11) is 4.06. The molecule has 2 unspecified atom stereocenters. The highest BCUT2D eigenvalue weighted by molar-refractivity contribution is 8.77. The lowest BCUT2D eigenvalue weighted by molar-refractivity contribution is -0.131. The molecular weight excluding hydrogens is 334 g/mol. The van der Waals surface area contributed by atoms with Gasteiger partial charge in [-0.1, -0.05) is 64.8 Å². The summed E-state index contributed by atoms with van der Waals surface area (Å²) in [5, 5.41) is 0.839. The van der Waals surface area contributed by atoms with Crippen LogP contribution in [0.2, 0.25) is 0 Å². The van der Waals surface area contributed by atoms with Gasteiger partial charge in [0.05, 0.1) is 0 Å². The Kier molecular flexibility index (Phi) is 7.40. The molecule has 2 aliphatic heterocycles. The SMILES string of the molecule is O=C(CCCCC1CCSS1)N1CCCCC(c2ccccc2)C1. The molecule has 0 spiro atoms. The minimum Gasteiger partial charge on any atom is -0.342 e. The summed E-state index contributed by atoms with van der Waals surface area (Å²) in [5.74, 6) is 2.21. The van der Waals surface area contributed by atoms with Crippen molar-refractivity contribution in [2.75, 3.05) is 18.8 Å². The number of nitrogens with zero attached hydrogens (tertiary/aromatic N) is 1. The van der Waals surface area contributed by atoms with Crippen molar-refractivity contribution in [2.45, 2.75) is 62.5 Å². The van der Waals surface area contributed by atoms with Crippen LogP contribution in [0.5, 0.6) is 0 Å². The van der Waals surface area contributed by atoms with Crippen molar-refractivity contribution in [1.82, 2.24) is 4.90 Å². The fourth-order valence-corrected chi connectivity index (χ4v) is 6.76.